The summed E-state index contributed by atoms with van der Waals surface area (Å²) in [5.41, 5.74) is 2.91. The van der Waals surface area contributed by atoms with Gasteiger partial charge in [0.2, 0.25) is 0 Å². The summed E-state index contributed by atoms with van der Waals surface area (Å²) in [4.78, 5) is 14.7. The molecule has 3 aromatic carbocycles. The van der Waals surface area contributed by atoms with Crippen LogP contribution in [-0.2, 0) is 13.1 Å². The van der Waals surface area contributed by atoms with E-state index in [1.165, 1.54) is 5.56 Å². The zero-order valence-corrected chi connectivity index (χ0v) is 15.7. The largest absolute Gasteiger partial charge is 0.457 e. The molecule has 0 atom stereocenters. The van der Waals surface area contributed by atoms with Crippen LogP contribution in [0.4, 0.5) is 0 Å². The molecule has 0 aliphatic rings. The van der Waals surface area contributed by atoms with Crippen molar-refractivity contribution in [2.75, 3.05) is 14.1 Å². The maximum Gasteiger partial charge on any atom is 0.251 e. The fourth-order valence-electron chi connectivity index (χ4n) is 2.83. The van der Waals surface area contributed by atoms with Crippen LogP contribution in [0.5, 0.6) is 11.5 Å². The number of hydrogen-bond donors (Lipinski definition) is 1. The van der Waals surface area contributed by atoms with Gasteiger partial charge in [0.1, 0.15) is 11.5 Å². The summed E-state index contributed by atoms with van der Waals surface area (Å²) in [6, 6.07) is 24.9. The first-order chi connectivity index (χ1) is 13.1. The molecule has 1 N–H and O–H groups in total. The smallest absolute Gasteiger partial charge is 0.251 e. The first kappa shape index (κ1) is 18.7. The fraction of sp³-hybridized carbons (Fsp3) is 0.174. The van der Waals surface area contributed by atoms with Crippen molar-refractivity contribution < 1.29 is 9.53 Å². The monoisotopic (exact) mass is 360 g/mol. The van der Waals surface area contributed by atoms with Crippen molar-refractivity contribution in [3.05, 3.63) is 95.6 Å². The molecule has 0 spiro atoms. The molecule has 1 amide bonds. The van der Waals surface area contributed by atoms with Gasteiger partial charge in [-0.25, -0.2) is 0 Å². The number of amides is 1. The Balaban J connectivity index is 1.66. The first-order valence-electron chi connectivity index (χ1n) is 8.94. The van der Waals surface area contributed by atoms with Crippen LogP contribution in [0, 0.1) is 0 Å². The van der Waals surface area contributed by atoms with E-state index >= 15 is 0 Å². The highest BCUT2D eigenvalue weighted by Crippen LogP contribution is 2.22. The molecule has 0 aliphatic carbocycles. The third kappa shape index (κ3) is 5.43. The quantitative estimate of drug-likeness (QED) is 0.676. The van der Waals surface area contributed by atoms with E-state index in [9.17, 15) is 4.79 Å². The van der Waals surface area contributed by atoms with Crippen LogP contribution in [-0.4, -0.2) is 24.9 Å². The molecule has 138 valence electrons. The number of benzene rings is 3. The van der Waals surface area contributed by atoms with Crippen molar-refractivity contribution >= 4 is 5.91 Å². The highest BCUT2D eigenvalue weighted by atomic mass is 16.5. The van der Waals surface area contributed by atoms with Crippen LogP contribution >= 0.6 is 0 Å². The SMILES string of the molecule is CN(C)Cc1ccccc1CNC(=O)c1cccc(Oc2ccccc2)c1. The standard InChI is InChI=1S/C23H24N2O2/c1-25(2)17-20-10-7-6-9-19(20)16-24-23(26)18-11-8-14-22(15-18)27-21-12-4-3-5-13-21/h3-15H,16-17H2,1-2H3,(H,24,26). The van der Waals surface area contributed by atoms with Gasteiger partial charge < -0.3 is 15.0 Å². The molecule has 0 heterocycles. The lowest BCUT2D eigenvalue weighted by Gasteiger charge is -2.15. The third-order valence-corrected chi connectivity index (χ3v) is 4.12. The topological polar surface area (TPSA) is 41.6 Å². The van der Waals surface area contributed by atoms with Gasteiger partial charge in [0.05, 0.1) is 0 Å². The summed E-state index contributed by atoms with van der Waals surface area (Å²) in [7, 11) is 4.07. The second kappa shape index (κ2) is 9.01. The van der Waals surface area contributed by atoms with Crippen molar-refractivity contribution in [1.29, 1.82) is 0 Å². The van der Waals surface area contributed by atoms with E-state index in [4.69, 9.17) is 4.74 Å². The molecule has 3 rings (SSSR count). The number of nitrogens with zero attached hydrogens (tertiary/aromatic N) is 1. The Bertz CT molecular complexity index is 892. The van der Waals surface area contributed by atoms with Gasteiger partial charge in [0, 0.05) is 18.7 Å². The Morgan fingerprint density at radius 2 is 1.52 bits per heavy atom. The van der Waals surface area contributed by atoms with Crippen molar-refractivity contribution in [3.8, 4) is 11.5 Å². The van der Waals surface area contributed by atoms with Gasteiger partial charge in [-0.2, -0.15) is 0 Å². The number of carbonyl (C=O) groups excluding carboxylic acids is 1. The molecule has 4 nitrogen and oxygen atoms in total. The lowest BCUT2D eigenvalue weighted by Crippen LogP contribution is -2.24. The Kier molecular flexibility index (Phi) is 6.23. The van der Waals surface area contributed by atoms with Gasteiger partial charge in [-0.3, -0.25) is 4.79 Å². The first-order valence-corrected chi connectivity index (χ1v) is 8.94. The van der Waals surface area contributed by atoms with Gasteiger partial charge in [-0.15, -0.1) is 0 Å². The molecule has 0 saturated heterocycles. The molecule has 0 radical (unpaired) electrons. The number of nitrogens with one attached hydrogen (secondary N) is 1. The Morgan fingerprint density at radius 3 is 2.26 bits per heavy atom. The number of para-hydroxylation sites is 1. The number of rotatable bonds is 7. The van der Waals surface area contributed by atoms with E-state index in [0.717, 1.165) is 17.9 Å². The number of hydrogen-bond acceptors (Lipinski definition) is 3. The van der Waals surface area contributed by atoms with Gasteiger partial charge in [0.15, 0.2) is 0 Å². The molecule has 4 heteroatoms. The molecule has 0 saturated carbocycles. The molecular formula is C23H24N2O2. The van der Waals surface area contributed by atoms with Crippen LogP contribution in [0.25, 0.3) is 0 Å². The average Bonchev–Trinajstić information content (AvgIpc) is 2.68. The maximum atomic E-state index is 12.6. The normalized spacial score (nSPS) is 10.6. The lowest BCUT2D eigenvalue weighted by atomic mass is 10.1. The minimum Gasteiger partial charge on any atom is -0.457 e. The maximum absolute atomic E-state index is 12.6. The van der Waals surface area contributed by atoms with Crippen molar-refractivity contribution in [1.82, 2.24) is 10.2 Å². The van der Waals surface area contributed by atoms with Crippen molar-refractivity contribution in [2.24, 2.45) is 0 Å². The van der Waals surface area contributed by atoms with Gasteiger partial charge >= 0.3 is 0 Å². The fourth-order valence-corrected chi connectivity index (χ4v) is 2.83. The third-order valence-electron chi connectivity index (χ3n) is 4.12. The van der Waals surface area contributed by atoms with Crippen molar-refractivity contribution in [3.63, 3.8) is 0 Å². The van der Waals surface area contributed by atoms with Gasteiger partial charge in [-0.1, -0.05) is 48.5 Å². The number of carbonyl (C=O) groups is 1. The van der Waals surface area contributed by atoms with Crippen molar-refractivity contribution in [2.45, 2.75) is 13.1 Å². The van der Waals surface area contributed by atoms with E-state index in [0.29, 0.717) is 17.9 Å². The minimum atomic E-state index is -0.117. The lowest BCUT2D eigenvalue weighted by molar-refractivity contribution is 0.0950. The van der Waals surface area contributed by atoms with E-state index < -0.39 is 0 Å². The summed E-state index contributed by atoms with van der Waals surface area (Å²) >= 11 is 0. The summed E-state index contributed by atoms with van der Waals surface area (Å²) in [6.45, 7) is 1.33. The van der Waals surface area contributed by atoms with Crippen LogP contribution in [0.3, 0.4) is 0 Å². The van der Waals surface area contributed by atoms with E-state index in [-0.39, 0.29) is 5.91 Å². The Labute approximate surface area is 160 Å². The zero-order valence-electron chi connectivity index (χ0n) is 15.7. The van der Waals surface area contributed by atoms with E-state index in [1.807, 2.05) is 74.8 Å². The molecule has 27 heavy (non-hydrogen) atoms. The zero-order chi connectivity index (χ0) is 19.1. The summed E-state index contributed by atoms with van der Waals surface area (Å²) in [5.74, 6) is 1.27. The number of ether oxygens (including phenoxy) is 1. The molecule has 0 bridgehead atoms. The average molecular weight is 360 g/mol. The minimum absolute atomic E-state index is 0.117. The second-order valence-corrected chi connectivity index (χ2v) is 6.63. The van der Waals surface area contributed by atoms with Crippen LogP contribution in [0.1, 0.15) is 21.5 Å². The Hall–Kier alpha value is -3.11. The van der Waals surface area contributed by atoms with Crippen LogP contribution in [0.2, 0.25) is 0 Å². The summed E-state index contributed by atoms with van der Waals surface area (Å²) in [6.07, 6.45) is 0. The Morgan fingerprint density at radius 1 is 0.852 bits per heavy atom. The molecule has 3 aromatic rings. The van der Waals surface area contributed by atoms with Crippen LogP contribution in [0.15, 0.2) is 78.9 Å². The molecular weight excluding hydrogens is 336 g/mol. The van der Waals surface area contributed by atoms with Gasteiger partial charge in [-0.05, 0) is 55.6 Å². The second-order valence-electron chi connectivity index (χ2n) is 6.63. The predicted molar refractivity (Wildman–Crippen MR) is 108 cm³/mol. The molecule has 0 unspecified atom stereocenters. The predicted octanol–water partition coefficient (Wildman–Crippen LogP) is 4.47. The van der Waals surface area contributed by atoms with E-state index in [2.05, 4.69) is 16.3 Å². The van der Waals surface area contributed by atoms with Crippen LogP contribution < -0.4 is 10.1 Å². The van der Waals surface area contributed by atoms with Gasteiger partial charge in [0.25, 0.3) is 5.91 Å². The molecule has 0 fully saturated rings. The molecule has 0 aromatic heterocycles. The summed E-state index contributed by atoms with van der Waals surface area (Å²) < 4.78 is 5.81. The highest BCUT2D eigenvalue weighted by molar-refractivity contribution is 5.94. The highest BCUT2D eigenvalue weighted by Gasteiger charge is 2.09. The van der Waals surface area contributed by atoms with E-state index in [1.54, 1.807) is 12.1 Å². The summed E-state index contributed by atoms with van der Waals surface area (Å²) in [5, 5.41) is 3.01. The molecule has 0 aliphatic heterocycles.